The van der Waals surface area contributed by atoms with E-state index in [1.54, 1.807) is 7.11 Å². The Morgan fingerprint density at radius 2 is 2.31 bits per heavy atom. The third-order valence-electron chi connectivity index (χ3n) is 2.71. The van der Waals surface area contributed by atoms with Crippen LogP contribution < -0.4 is 0 Å². The number of aldehydes is 1. The second kappa shape index (κ2) is 3.76. The van der Waals surface area contributed by atoms with E-state index < -0.39 is 0 Å². The number of hydrogen-bond donors (Lipinski definition) is 0. The number of carbonyl (C=O) groups is 1. The van der Waals surface area contributed by atoms with E-state index in [9.17, 15) is 4.79 Å². The van der Waals surface area contributed by atoms with E-state index >= 15 is 0 Å². The van der Waals surface area contributed by atoms with Crippen LogP contribution in [0.4, 0.5) is 0 Å². The van der Waals surface area contributed by atoms with Gasteiger partial charge in [0.25, 0.3) is 0 Å². The Labute approximate surface area is 79.4 Å². The molecule has 1 aliphatic rings. The average molecular weight is 186 g/mol. The van der Waals surface area contributed by atoms with E-state index in [1.807, 2.05) is 13.8 Å². The molecule has 0 aromatic heterocycles. The van der Waals surface area contributed by atoms with Gasteiger partial charge in [0.15, 0.2) is 0 Å². The lowest BCUT2D eigenvalue weighted by atomic mass is 9.79. The zero-order valence-electron chi connectivity index (χ0n) is 8.63. The van der Waals surface area contributed by atoms with E-state index in [0.717, 1.165) is 19.1 Å². The summed E-state index contributed by atoms with van der Waals surface area (Å²) in [5.74, 6) is 0. The minimum absolute atomic E-state index is 0.241. The van der Waals surface area contributed by atoms with Gasteiger partial charge in [0.05, 0.1) is 17.6 Å². The van der Waals surface area contributed by atoms with Crippen molar-refractivity contribution < 1.29 is 14.3 Å². The molecule has 3 nitrogen and oxygen atoms in total. The van der Waals surface area contributed by atoms with Crippen LogP contribution in [0.25, 0.3) is 0 Å². The number of rotatable bonds is 4. The number of methoxy groups -OCH3 is 1. The Hall–Kier alpha value is -0.410. The predicted molar refractivity (Wildman–Crippen MR) is 49.6 cm³/mol. The minimum Gasteiger partial charge on any atom is -0.380 e. The molecule has 0 aromatic carbocycles. The van der Waals surface area contributed by atoms with E-state index in [1.165, 1.54) is 0 Å². The molecule has 0 spiro atoms. The Balaban J connectivity index is 2.63. The van der Waals surface area contributed by atoms with Gasteiger partial charge in [-0.1, -0.05) is 0 Å². The molecule has 1 fully saturated rings. The maximum Gasteiger partial charge on any atom is 0.128 e. The smallest absolute Gasteiger partial charge is 0.128 e. The Kier molecular flexibility index (Phi) is 3.09. The molecule has 1 heterocycles. The molecule has 0 aliphatic carbocycles. The van der Waals surface area contributed by atoms with Crippen molar-refractivity contribution in [2.75, 3.05) is 20.3 Å². The van der Waals surface area contributed by atoms with Crippen molar-refractivity contribution >= 4 is 6.29 Å². The van der Waals surface area contributed by atoms with Crippen LogP contribution in [0.5, 0.6) is 0 Å². The molecule has 0 bridgehead atoms. The van der Waals surface area contributed by atoms with E-state index in [0.29, 0.717) is 13.2 Å². The van der Waals surface area contributed by atoms with Crippen LogP contribution in [0.3, 0.4) is 0 Å². The summed E-state index contributed by atoms with van der Waals surface area (Å²) >= 11 is 0. The first-order valence-corrected chi connectivity index (χ1v) is 4.63. The van der Waals surface area contributed by atoms with Crippen molar-refractivity contribution in [1.82, 2.24) is 0 Å². The van der Waals surface area contributed by atoms with Crippen LogP contribution >= 0.6 is 0 Å². The fourth-order valence-electron chi connectivity index (χ4n) is 1.82. The first kappa shape index (κ1) is 10.7. The lowest BCUT2D eigenvalue weighted by Crippen LogP contribution is -2.35. The van der Waals surface area contributed by atoms with Crippen molar-refractivity contribution in [1.29, 1.82) is 0 Å². The van der Waals surface area contributed by atoms with Crippen LogP contribution in [0.2, 0.25) is 0 Å². The van der Waals surface area contributed by atoms with Gasteiger partial charge in [-0.15, -0.1) is 0 Å². The quantitative estimate of drug-likeness (QED) is 0.623. The Morgan fingerprint density at radius 1 is 1.62 bits per heavy atom. The minimum atomic E-state index is -0.306. The molecule has 0 saturated carbocycles. The largest absolute Gasteiger partial charge is 0.380 e. The van der Waals surface area contributed by atoms with E-state index in [2.05, 4.69) is 0 Å². The summed E-state index contributed by atoms with van der Waals surface area (Å²) in [7, 11) is 1.67. The summed E-state index contributed by atoms with van der Waals surface area (Å²) in [6, 6.07) is 0. The summed E-state index contributed by atoms with van der Waals surface area (Å²) in [6.45, 7) is 5.23. The van der Waals surface area contributed by atoms with Crippen LogP contribution in [0.1, 0.15) is 26.7 Å². The zero-order valence-corrected chi connectivity index (χ0v) is 8.63. The van der Waals surface area contributed by atoms with Gasteiger partial charge < -0.3 is 14.3 Å². The molecule has 1 rings (SSSR count). The van der Waals surface area contributed by atoms with Gasteiger partial charge in [0.2, 0.25) is 0 Å². The highest BCUT2D eigenvalue weighted by Gasteiger charge is 2.39. The molecule has 1 unspecified atom stereocenters. The summed E-state index contributed by atoms with van der Waals surface area (Å²) in [5, 5.41) is 0. The summed E-state index contributed by atoms with van der Waals surface area (Å²) in [6.07, 6.45) is 2.59. The van der Waals surface area contributed by atoms with Gasteiger partial charge in [-0.25, -0.2) is 0 Å². The van der Waals surface area contributed by atoms with Crippen LogP contribution in [0, 0.1) is 5.41 Å². The summed E-state index contributed by atoms with van der Waals surface area (Å²) < 4.78 is 10.6. The second-order valence-electron chi connectivity index (χ2n) is 4.42. The molecule has 0 radical (unpaired) electrons. The lowest BCUT2D eigenvalue weighted by molar-refractivity contribution is -0.120. The first-order valence-electron chi connectivity index (χ1n) is 4.63. The second-order valence-corrected chi connectivity index (χ2v) is 4.42. The van der Waals surface area contributed by atoms with Crippen molar-refractivity contribution in [3.8, 4) is 0 Å². The molecule has 3 heteroatoms. The fraction of sp³-hybridized carbons (Fsp3) is 0.900. The number of ether oxygens (including phenoxy) is 2. The molecular weight excluding hydrogens is 168 g/mol. The lowest BCUT2D eigenvalue weighted by Gasteiger charge is -2.31. The number of carbonyl (C=O) groups excluding carboxylic acids is 1. The maximum atomic E-state index is 11.0. The van der Waals surface area contributed by atoms with Crippen molar-refractivity contribution in [3.63, 3.8) is 0 Å². The number of hydrogen-bond acceptors (Lipinski definition) is 3. The normalized spacial score (nSPS) is 29.2. The highest BCUT2D eigenvalue weighted by Crippen LogP contribution is 2.35. The molecule has 1 saturated heterocycles. The molecule has 13 heavy (non-hydrogen) atoms. The molecule has 1 aliphatic heterocycles. The van der Waals surface area contributed by atoms with Gasteiger partial charge in [0, 0.05) is 13.7 Å². The van der Waals surface area contributed by atoms with Gasteiger partial charge >= 0.3 is 0 Å². The molecule has 76 valence electrons. The Bertz CT molecular complexity index is 181. The standard InChI is InChI=1S/C10H18O3/c1-9(2,12-3)6-10(7-11)4-5-13-8-10/h7H,4-6,8H2,1-3H3. The van der Waals surface area contributed by atoms with E-state index in [4.69, 9.17) is 9.47 Å². The van der Waals surface area contributed by atoms with Gasteiger partial charge in [-0.3, -0.25) is 0 Å². The van der Waals surface area contributed by atoms with Crippen LogP contribution in [0.15, 0.2) is 0 Å². The zero-order chi connectivity index (χ0) is 9.95. The van der Waals surface area contributed by atoms with Crippen LogP contribution in [-0.2, 0) is 14.3 Å². The van der Waals surface area contributed by atoms with Crippen LogP contribution in [-0.4, -0.2) is 32.2 Å². The van der Waals surface area contributed by atoms with Gasteiger partial charge in [0.1, 0.15) is 6.29 Å². The Morgan fingerprint density at radius 3 is 2.69 bits per heavy atom. The first-order chi connectivity index (χ1) is 6.04. The molecule has 1 atom stereocenters. The fourth-order valence-corrected chi connectivity index (χ4v) is 1.82. The average Bonchev–Trinajstić information content (AvgIpc) is 2.53. The molecular formula is C10H18O3. The third kappa shape index (κ3) is 2.51. The van der Waals surface area contributed by atoms with E-state index in [-0.39, 0.29) is 11.0 Å². The molecule has 0 amide bonds. The summed E-state index contributed by atoms with van der Waals surface area (Å²) in [5.41, 5.74) is -0.548. The summed E-state index contributed by atoms with van der Waals surface area (Å²) in [4.78, 5) is 11.0. The topological polar surface area (TPSA) is 35.5 Å². The predicted octanol–water partition coefficient (Wildman–Crippen LogP) is 1.41. The van der Waals surface area contributed by atoms with Gasteiger partial charge in [-0.05, 0) is 26.7 Å². The highest BCUT2D eigenvalue weighted by molar-refractivity contribution is 5.60. The molecule has 0 aromatic rings. The maximum absolute atomic E-state index is 11.0. The third-order valence-corrected chi connectivity index (χ3v) is 2.71. The SMILES string of the molecule is COC(C)(C)CC1(C=O)CCOC1. The van der Waals surface area contributed by atoms with Crippen molar-refractivity contribution in [2.45, 2.75) is 32.3 Å². The highest BCUT2D eigenvalue weighted by atomic mass is 16.5. The van der Waals surface area contributed by atoms with Crippen molar-refractivity contribution in [3.05, 3.63) is 0 Å². The molecule has 0 N–H and O–H groups in total. The van der Waals surface area contributed by atoms with Gasteiger partial charge in [-0.2, -0.15) is 0 Å². The van der Waals surface area contributed by atoms with Crippen molar-refractivity contribution in [2.24, 2.45) is 5.41 Å². The monoisotopic (exact) mass is 186 g/mol.